The molecule has 3 N–H and O–H groups in total. The number of nitrogens with one attached hydrogen (secondary N) is 2. The monoisotopic (exact) mass is 471 g/mol. The van der Waals surface area contributed by atoms with E-state index in [1.54, 1.807) is 26.8 Å². The Hall–Kier alpha value is -2.86. The Kier molecular flexibility index (Phi) is 10.1. The number of ketones is 1. The Morgan fingerprint density at radius 1 is 1.32 bits per heavy atom. The molecule has 0 spiro atoms. The fourth-order valence-electron chi connectivity index (χ4n) is 3.87. The molecule has 34 heavy (non-hydrogen) atoms. The molecule has 1 fully saturated rings. The van der Waals surface area contributed by atoms with Crippen LogP contribution >= 0.6 is 0 Å². The van der Waals surface area contributed by atoms with Crippen LogP contribution in [0.1, 0.15) is 59.4 Å². The van der Waals surface area contributed by atoms with Crippen molar-refractivity contribution < 1.29 is 23.8 Å². The van der Waals surface area contributed by atoms with Crippen LogP contribution in [0.3, 0.4) is 0 Å². The molecule has 0 radical (unpaired) electrons. The van der Waals surface area contributed by atoms with Crippen LogP contribution in [-0.4, -0.2) is 42.3 Å². The average molecular weight is 472 g/mol. The summed E-state index contributed by atoms with van der Waals surface area (Å²) < 4.78 is 19.0. The van der Waals surface area contributed by atoms with E-state index in [1.807, 2.05) is 13.8 Å². The maximum absolute atomic E-state index is 13.7. The fourth-order valence-corrected chi connectivity index (χ4v) is 3.87. The van der Waals surface area contributed by atoms with E-state index >= 15 is 0 Å². The normalized spacial score (nSPS) is 17.9. The highest BCUT2D eigenvalue weighted by Crippen LogP contribution is 2.27. The van der Waals surface area contributed by atoms with E-state index in [9.17, 15) is 19.1 Å². The number of Topliss-reactive ketones (excluding diaryl/α,β-unsaturated/α-hetero) is 1. The summed E-state index contributed by atoms with van der Waals surface area (Å²) in [6.45, 7) is 10.3. The van der Waals surface area contributed by atoms with Gasteiger partial charge in [-0.05, 0) is 63.3 Å². The molecule has 0 bridgehead atoms. The van der Waals surface area contributed by atoms with Crippen LogP contribution in [0.5, 0.6) is 0 Å². The molecule has 0 saturated carbocycles. The molecular weight excluding hydrogens is 437 g/mol. The van der Waals surface area contributed by atoms with Crippen molar-refractivity contribution in [1.29, 1.82) is 5.26 Å². The van der Waals surface area contributed by atoms with E-state index in [2.05, 4.69) is 10.6 Å². The van der Waals surface area contributed by atoms with Crippen molar-refractivity contribution in [2.75, 3.05) is 18.5 Å². The summed E-state index contributed by atoms with van der Waals surface area (Å²) in [6.07, 6.45) is 0.530. The number of ether oxygens (including phenoxy) is 1. The molecule has 8 heteroatoms. The van der Waals surface area contributed by atoms with Crippen molar-refractivity contribution in [3.05, 3.63) is 51.9 Å². The van der Waals surface area contributed by atoms with Gasteiger partial charge < -0.3 is 15.2 Å². The first-order valence-corrected chi connectivity index (χ1v) is 11.5. The average Bonchev–Trinajstić information content (AvgIpc) is 3.30. The lowest BCUT2D eigenvalue weighted by Gasteiger charge is -2.22. The summed E-state index contributed by atoms with van der Waals surface area (Å²) in [7, 11) is 0. The number of nitriles is 1. The topological polar surface area (TPSA) is 111 Å². The molecule has 184 valence electrons. The van der Waals surface area contributed by atoms with Gasteiger partial charge in [0.05, 0.1) is 12.2 Å². The van der Waals surface area contributed by atoms with Crippen LogP contribution < -0.4 is 10.6 Å². The number of aliphatic hydroxyl groups excluding tert-OH is 1. The van der Waals surface area contributed by atoms with Crippen LogP contribution in [0, 0.1) is 23.1 Å². The predicted molar refractivity (Wildman–Crippen MR) is 128 cm³/mol. The van der Waals surface area contributed by atoms with Crippen LogP contribution in [-0.2, 0) is 14.3 Å². The van der Waals surface area contributed by atoms with Gasteiger partial charge in [0.25, 0.3) is 5.91 Å². The molecule has 2 rings (SSSR count). The van der Waals surface area contributed by atoms with Crippen molar-refractivity contribution in [3.63, 3.8) is 0 Å². The highest BCUT2D eigenvalue weighted by Gasteiger charge is 2.29. The minimum atomic E-state index is -1.41. The van der Waals surface area contributed by atoms with E-state index in [0.29, 0.717) is 48.3 Å². The van der Waals surface area contributed by atoms with Crippen LogP contribution in [0.25, 0.3) is 0 Å². The van der Waals surface area contributed by atoms with E-state index in [-0.39, 0.29) is 23.2 Å². The summed E-state index contributed by atoms with van der Waals surface area (Å²) in [4.78, 5) is 26.5. The number of nitrogens with zero attached hydrogens (tertiary/aromatic N) is 1. The third-order valence-corrected chi connectivity index (χ3v) is 6.02. The van der Waals surface area contributed by atoms with Gasteiger partial charge in [-0.25, -0.2) is 4.39 Å². The first-order valence-electron chi connectivity index (χ1n) is 11.5. The van der Waals surface area contributed by atoms with Crippen LogP contribution in [0.2, 0.25) is 0 Å². The number of halogens is 1. The van der Waals surface area contributed by atoms with Crippen molar-refractivity contribution >= 4 is 17.4 Å². The van der Waals surface area contributed by atoms with Gasteiger partial charge in [0.2, 0.25) is 5.78 Å². The second-order valence-electron chi connectivity index (χ2n) is 8.95. The zero-order valence-corrected chi connectivity index (χ0v) is 20.5. The van der Waals surface area contributed by atoms with Crippen molar-refractivity contribution in [2.45, 2.75) is 66.2 Å². The Morgan fingerprint density at radius 3 is 2.59 bits per heavy atom. The Labute approximate surface area is 200 Å². The first kappa shape index (κ1) is 27.4. The molecule has 1 heterocycles. The van der Waals surface area contributed by atoms with E-state index in [0.717, 1.165) is 12.5 Å². The Balaban J connectivity index is 2.40. The fraction of sp³-hybridized carbons (Fsp3) is 0.500. The first-order chi connectivity index (χ1) is 16.1. The standard InChI is InChI=1S/C26H34FN3O4/c1-6-16(4)11-21(24(31)26(33)30-20-9-10-34-14-20)17(5)23(15(2)3)25(32)29-19-7-8-22(27)18(12-19)13-28/h7-8,12,16,20,26,30,33H,6,9-11,14H2,1-5H3,(H,29,32)/b21-17+/t16?,20-,26?/m0/s1. The molecule has 1 aromatic carbocycles. The van der Waals surface area contributed by atoms with Gasteiger partial charge in [0, 0.05) is 29.5 Å². The molecule has 1 amide bonds. The number of hydrogen-bond donors (Lipinski definition) is 3. The molecule has 3 atom stereocenters. The van der Waals surface area contributed by atoms with E-state index in [4.69, 9.17) is 10.00 Å². The van der Waals surface area contributed by atoms with Crippen LogP contribution in [0.4, 0.5) is 10.1 Å². The second-order valence-corrected chi connectivity index (χ2v) is 8.95. The highest BCUT2D eigenvalue weighted by atomic mass is 19.1. The molecule has 0 aromatic heterocycles. The summed E-state index contributed by atoms with van der Waals surface area (Å²) in [5.41, 5.74) is 1.95. The van der Waals surface area contributed by atoms with Crippen molar-refractivity contribution in [2.24, 2.45) is 5.92 Å². The van der Waals surface area contributed by atoms with Gasteiger partial charge >= 0.3 is 0 Å². The van der Waals surface area contributed by atoms with Crippen LogP contribution in [0.15, 0.2) is 40.5 Å². The molecule has 1 saturated heterocycles. The molecule has 0 aliphatic carbocycles. The van der Waals surface area contributed by atoms with Gasteiger partial charge in [-0.2, -0.15) is 5.26 Å². The lowest BCUT2D eigenvalue weighted by molar-refractivity contribution is -0.125. The Morgan fingerprint density at radius 2 is 2.03 bits per heavy atom. The number of carbonyl (C=O) groups excluding carboxylic acids is 2. The molecule has 1 aromatic rings. The number of allylic oxidation sites excluding steroid dienone is 1. The lowest BCUT2D eigenvalue weighted by Crippen LogP contribution is -2.44. The molecule has 2 unspecified atom stereocenters. The number of amides is 1. The maximum atomic E-state index is 13.7. The molecule has 7 nitrogen and oxygen atoms in total. The second kappa shape index (κ2) is 12.6. The number of aliphatic hydroxyl groups is 1. The van der Waals surface area contributed by atoms with E-state index < -0.39 is 23.7 Å². The van der Waals surface area contributed by atoms with Gasteiger partial charge in [-0.1, -0.05) is 25.8 Å². The summed E-state index contributed by atoms with van der Waals surface area (Å²) in [6, 6.07) is 5.39. The quantitative estimate of drug-likeness (QED) is 0.270. The number of anilines is 1. The van der Waals surface area contributed by atoms with Crippen molar-refractivity contribution in [3.8, 4) is 6.07 Å². The zero-order valence-electron chi connectivity index (χ0n) is 20.5. The minimum absolute atomic E-state index is 0.108. The summed E-state index contributed by atoms with van der Waals surface area (Å²) in [5.74, 6) is -1.46. The van der Waals surface area contributed by atoms with Gasteiger partial charge in [0.15, 0.2) is 6.23 Å². The number of carbonyl (C=O) groups is 2. The predicted octanol–water partition coefficient (Wildman–Crippen LogP) is 3.99. The molecule has 1 aliphatic rings. The lowest BCUT2D eigenvalue weighted by atomic mass is 9.87. The van der Waals surface area contributed by atoms with Gasteiger partial charge in [-0.15, -0.1) is 0 Å². The number of hydrogen-bond acceptors (Lipinski definition) is 6. The number of rotatable bonds is 10. The maximum Gasteiger partial charge on any atom is 0.255 e. The Bertz CT molecular complexity index is 1020. The van der Waals surface area contributed by atoms with E-state index in [1.165, 1.54) is 12.1 Å². The summed E-state index contributed by atoms with van der Waals surface area (Å²) in [5, 5.41) is 25.3. The largest absolute Gasteiger partial charge is 0.380 e. The zero-order chi connectivity index (χ0) is 25.4. The third kappa shape index (κ3) is 7.07. The molecule has 1 aliphatic heterocycles. The number of benzene rings is 1. The van der Waals surface area contributed by atoms with Gasteiger partial charge in [0.1, 0.15) is 11.9 Å². The smallest absolute Gasteiger partial charge is 0.255 e. The summed E-state index contributed by atoms with van der Waals surface area (Å²) >= 11 is 0. The third-order valence-electron chi connectivity index (χ3n) is 6.02. The SMILES string of the molecule is CCC(C)C/C(C(=O)C(O)N[C@H]1CCOC1)=C(/C)C(C(=O)Nc1ccc(F)c(C#N)c1)=C(C)C. The minimum Gasteiger partial charge on any atom is -0.380 e. The molecular formula is C26H34FN3O4. The highest BCUT2D eigenvalue weighted by molar-refractivity contribution is 6.10. The van der Waals surface area contributed by atoms with Gasteiger partial charge in [-0.3, -0.25) is 14.9 Å². The van der Waals surface area contributed by atoms with Crippen molar-refractivity contribution in [1.82, 2.24) is 5.32 Å².